The van der Waals surface area contributed by atoms with Crippen LogP contribution >= 0.6 is 11.6 Å². The Bertz CT molecular complexity index is 1290. The fourth-order valence-corrected chi connectivity index (χ4v) is 4.38. The lowest BCUT2D eigenvalue weighted by Crippen LogP contribution is -2.41. The van der Waals surface area contributed by atoms with Crippen molar-refractivity contribution in [3.63, 3.8) is 0 Å². The van der Waals surface area contributed by atoms with Gasteiger partial charge >= 0.3 is 0 Å². The van der Waals surface area contributed by atoms with Crippen LogP contribution in [0, 0.1) is 0 Å². The molecule has 2 aliphatic heterocycles. The maximum atomic E-state index is 13.3. The molecule has 2 aliphatic rings. The standard InChI is InChI=1S/C26H20ClNO5/c27-19-5-3-4-18(12-19)15-28-22-7-2-1-6-21(22)26(31,25(28)30)14-20(29)10-8-17-9-11-23-24(13-17)33-16-32-23/h1-13,31H,14-16H2/b10-8+/t26-/m0/s1. The quantitative estimate of drug-likeness (QED) is 0.548. The minimum Gasteiger partial charge on any atom is -0.454 e. The maximum Gasteiger partial charge on any atom is 0.264 e. The van der Waals surface area contributed by atoms with Gasteiger partial charge in [0.2, 0.25) is 6.79 Å². The molecular formula is C26H20ClNO5. The Kier molecular flexibility index (Phi) is 5.40. The van der Waals surface area contributed by atoms with Gasteiger partial charge in [0, 0.05) is 10.6 Å². The second-order valence-corrected chi connectivity index (χ2v) is 8.42. The Morgan fingerprint density at radius 3 is 2.73 bits per heavy atom. The van der Waals surface area contributed by atoms with E-state index in [-0.39, 0.29) is 25.5 Å². The van der Waals surface area contributed by atoms with E-state index < -0.39 is 11.5 Å². The number of hydrogen-bond donors (Lipinski definition) is 1. The maximum absolute atomic E-state index is 13.3. The second kappa shape index (κ2) is 8.39. The Hall–Kier alpha value is -3.61. The molecule has 7 heteroatoms. The van der Waals surface area contributed by atoms with Gasteiger partial charge in [-0.2, -0.15) is 0 Å². The van der Waals surface area contributed by atoms with Crippen LogP contribution in [0.2, 0.25) is 5.02 Å². The SMILES string of the molecule is O=C(/C=C/c1ccc2c(c1)OCO2)C[C@@]1(O)C(=O)N(Cc2cccc(Cl)c2)c2ccccc21. The number of aliphatic hydroxyl groups is 1. The number of halogens is 1. The van der Waals surface area contributed by atoms with Gasteiger partial charge in [-0.1, -0.05) is 54.1 Å². The van der Waals surface area contributed by atoms with E-state index in [1.807, 2.05) is 6.07 Å². The molecule has 0 radical (unpaired) electrons. The van der Waals surface area contributed by atoms with Crippen molar-refractivity contribution in [3.8, 4) is 11.5 Å². The molecule has 6 nitrogen and oxygen atoms in total. The van der Waals surface area contributed by atoms with Crippen molar-refractivity contribution in [2.45, 2.75) is 18.6 Å². The predicted molar refractivity (Wildman–Crippen MR) is 124 cm³/mol. The lowest BCUT2D eigenvalue weighted by Gasteiger charge is -2.22. The number of carbonyl (C=O) groups excluding carboxylic acids is 2. The van der Waals surface area contributed by atoms with Crippen molar-refractivity contribution in [1.82, 2.24) is 0 Å². The van der Waals surface area contributed by atoms with Crippen molar-refractivity contribution in [2.75, 3.05) is 11.7 Å². The molecule has 1 amide bonds. The molecule has 1 N–H and O–H groups in total. The first kappa shape index (κ1) is 21.2. The van der Waals surface area contributed by atoms with Gasteiger partial charge in [0.1, 0.15) is 0 Å². The van der Waals surface area contributed by atoms with Gasteiger partial charge in [-0.25, -0.2) is 0 Å². The lowest BCUT2D eigenvalue weighted by molar-refractivity contribution is -0.140. The molecule has 2 heterocycles. The zero-order chi connectivity index (χ0) is 23.0. The van der Waals surface area contributed by atoms with Gasteiger partial charge in [0.25, 0.3) is 5.91 Å². The summed E-state index contributed by atoms with van der Waals surface area (Å²) >= 11 is 6.09. The van der Waals surface area contributed by atoms with Gasteiger partial charge in [-0.3, -0.25) is 9.59 Å². The van der Waals surface area contributed by atoms with Crippen LogP contribution < -0.4 is 14.4 Å². The number of ketones is 1. The molecule has 0 aliphatic carbocycles. The number of carbonyl (C=O) groups is 2. The molecule has 33 heavy (non-hydrogen) atoms. The zero-order valence-electron chi connectivity index (χ0n) is 17.5. The van der Waals surface area contributed by atoms with E-state index in [2.05, 4.69) is 0 Å². The Morgan fingerprint density at radius 1 is 1.06 bits per heavy atom. The van der Waals surface area contributed by atoms with E-state index in [1.54, 1.807) is 66.7 Å². The second-order valence-electron chi connectivity index (χ2n) is 7.99. The molecule has 1 atom stereocenters. The molecular weight excluding hydrogens is 442 g/mol. The Labute approximate surface area is 195 Å². The molecule has 0 saturated heterocycles. The minimum atomic E-state index is -1.94. The van der Waals surface area contributed by atoms with Gasteiger partial charge in [-0.05, 0) is 47.5 Å². The van der Waals surface area contributed by atoms with E-state index in [0.717, 1.165) is 11.1 Å². The number of amides is 1. The summed E-state index contributed by atoms with van der Waals surface area (Å²) in [5.41, 5.74) is 0.634. The third-order valence-corrected chi connectivity index (χ3v) is 5.99. The number of hydrogen-bond acceptors (Lipinski definition) is 5. The summed E-state index contributed by atoms with van der Waals surface area (Å²) < 4.78 is 10.6. The molecule has 3 aromatic rings. The van der Waals surface area contributed by atoms with Gasteiger partial charge in [0.15, 0.2) is 22.9 Å². The first-order chi connectivity index (χ1) is 15.9. The van der Waals surface area contributed by atoms with Crippen LogP contribution in [-0.4, -0.2) is 23.6 Å². The molecule has 166 valence electrons. The van der Waals surface area contributed by atoms with Gasteiger partial charge in [-0.15, -0.1) is 0 Å². The predicted octanol–water partition coefficient (Wildman–Crippen LogP) is 4.48. The van der Waals surface area contributed by atoms with Crippen molar-refractivity contribution in [3.05, 3.63) is 94.5 Å². The van der Waals surface area contributed by atoms with Crippen molar-refractivity contribution >= 4 is 35.1 Å². The van der Waals surface area contributed by atoms with E-state index >= 15 is 0 Å². The molecule has 0 aromatic heterocycles. The van der Waals surface area contributed by atoms with E-state index in [4.69, 9.17) is 21.1 Å². The molecule has 0 unspecified atom stereocenters. The van der Waals surface area contributed by atoms with Gasteiger partial charge < -0.3 is 19.5 Å². The minimum absolute atomic E-state index is 0.168. The van der Waals surface area contributed by atoms with Crippen LogP contribution in [0.5, 0.6) is 11.5 Å². The third-order valence-electron chi connectivity index (χ3n) is 5.76. The highest BCUT2D eigenvalue weighted by Crippen LogP contribution is 2.43. The number of anilines is 1. The highest BCUT2D eigenvalue weighted by molar-refractivity contribution is 6.30. The summed E-state index contributed by atoms with van der Waals surface area (Å²) in [4.78, 5) is 27.6. The summed E-state index contributed by atoms with van der Waals surface area (Å²) in [5.74, 6) is 0.358. The molecule has 0 spiro atoms. The van der Waals surface area contributed by atoms with Crippen molar-refractivity contribution in [1.29, 1.82) is 0 Å². The highest BCUT2D eigenvalue weighted by Gasteiger charge is 2.50. The number of ether oxygens (including phenoxy) is 2. The fourth-order valence-electron chi connectivity index (χ4n) is 4.17. The number of fused-ring (bicyclic) bond motifs is 2. The summed E-state index contributed by atoms with van der Waals surface area (Å²) in [6.45, 7) is 0.404. The number of allylic oxidation sites excluding steroid dienone is 1. The third kappa shape index (κ3) is 3.99. The fraction of sp³-hybridized carbons (Fsp3) is 0.154. The molecule has 0 fully saturated rings. The average molecular weight is 462 g/mol. The topological polar surface area (TPSA) is 76.1 Å². The molecule has 5 rings (SSSR count). The normalized spacial score (nSPS) is 18.7. The number of para-hydroxylation sites is 1. The average Bonchev–Trinajstić information content (AvgIpc) is 3.35. The highest BCUT2D eigenvalue weighted by atomic mass is 35.5. The van der Waals surface area contributed by atoms with Crippen LogP contribution in [0.3, 0.4) is 0 Å². The number of rotatable bonds is 6. The zero-order valence-corrected chi connectivity index (χ0v) is 18.3. The van der Waals surface area contributed by atoms with E-state index in [1.165, 1.54) is 11.0 Å². The molecule has 0 saturated carbocycles. The summed E-state index contributed by atoms with van der Waals surface area (Å²) in [7, 11) is 0. The van der Waals surface area contributed by atoms with Crippen LogP contribution in [0.15, 0.2) is 72.8 Å². The van der Waals surface area contributed by atoms with Crippen LogP contribution in [0.4, 0.5) is 5.69 Å². The van der Waals surface area contributed by atoms with E-state index in [0.29, 0.717) is 27.8 Å². The van der Waals surface area contributed by atoms with Gasteiger partial charge in [0.05, 0.1) is 18.7 Å². The number of nitrogens with zero attached hydrogens (tertiary/aromatic N) is 1. The van der Waals surface area contributed by atoms with E-state index in [9.17, 15) is 14.7 Å². The molecule has 3 aromatic carbocycles. The van der Waals surface area contributed by atoms with Crippen LogP contribution in [0.25, 0.3) is 6.08 Å². The van der Waals surface area contributed by atoms with Crippen LogP contribution in [0.1, 0.15) is 23.1 Å². The van der Waals surface area contributed by atoms with Crippen molar-refractivity contribution in [2.24, 2.45) is 0 Å². The smallest absolute Gasteiger partial charge is 0.264 e. The Morgan fingerprint density at radius 2 is 1.88 bits per heavy atom. The summed E-state index contributed by atoms with van der Waals surface area (Å²) in [6.07, 6.45) is 2.63. The summed E-state index contributed by atoms with van der Waals surface area (Å²) in [6, 6.07) is 19.5. The first-order valence-corrected chi connectivity index (χ1v) is 10.8. The van der Waals surface area contributed by atoms with Crippen molar-refractivity contribution < 1.29 is 24.2 Å². The largest absolute Gasteiger partial charge is 0.454 e. The van der Waals surface area contributed by atoms with Crippen LogP contribution in [-0.2, 0) is 21.7 Å². The lowest BCUT2D eigenvalue weighted by atomic mass is 9.89. The molecule has 0 bridgehead atoms. The monoisotopic (exact) mass is 461 g/mol. The first-order valence-electron chi connectivity index (χ1n) is 10.4. The number of benzene rings is 3. The summed E-state index contributed by atoms with van der Waals surface area (Å²) in [5, 5.41) is 12.0. The Balaban J connectivity index is 1.38.